The summed E-state index contributed by atoms with van der Waals surface area (Å²) < 4.78 is 5.23. The SMILES string of the molecule is O=C(COc1cc(Cl)cc(Cl)c1)NC(=O)NCCc1cccs1. The number of nitrogens with one attached hydrogen (secondary N) is 2. The molecule has 0 aliphatic rings. The Bertz CT molecular complexity index is 657. The van der Waals surface area contributed by atoms with Crippen LogP contribution < -0.4 is 15.4 Å². The van der Waals surface area contributed by atoms with Gasteiger partial charge in [-0.3, -0.25) is 10.1 Å². The minimum Gasteiger partial charge on any atom is -0.484 e. The first-order chi connectivity index (χ1) is 11.0. The smallest absolute Gasteiger partial charge is 0.321 e. The van der Waals surface area contributed by atoms with E-state index in [4.69, 9.17) is 27.9 Å². The van der Waals surface area contributed by atoms with Gasteiger partial charge in [0.05, 0.1) is 0 Å². The summed E-state index contributed by atoms with van der Waals surface area (Å²) in [5.74, 6) is -0.203. The summed E-state index contributed by atoms with van der Waals surface area (Å²) in [6.45, 7) is 0.138. The molecule has 1 aromatic heterocycles. The van der Waals surface area contributed by atoms with Gasteiger partial charge in [-0.05, 0) is 36.1 Å². The molecular formula is C15H14Cl2N2O3S. The number of urea groups is 1. The molecule has 1 aromatic carbocycles. The fourth-order valence-corrected chi connectivity index (χ4v) is 2.94. The van der Waals surface area contributed by atoms with Crippen LogP contribution >= 0.6 is 34.5 Å². The number of thiophene rings is 1. The molecular weight excluding hydrogens is 359 g/mol. The van der Waals surface area contributed by atoms with E-state index in [0.29, 0.717) is 22.3 Å². The second kappa shape index (κ2) is 8.76. The quantitative estimate of drug-likeness (QED) is 0.815. The molecule has 122 valence electrons. The lowest BCUT2D eigenvalue weighted by Crippen LogP contribution is -2.42. The van der Waals surface area contributed by atoms with Gasteiger partial charge in [0.15, 0.2) is 6.61 Å². The number of hydrogen-bond acceptors (Lipinski definition) is 4. The van der Waals surface area contributed by atoms with Gasteiger partial charge < -0.3 is 10.1 Å². The average Bonchev–Trinajstić information content (AvgIpc) is 2.97. The van der Waals surface area contributed by atoms with Crippen LogP contribution in [0.1, 0.15) is 4.88 Å². The summed E-state index contributed by atoms with van der Waals surface area (Å²) in [7, 11) is 0. The molecule has 0 saturated carbocycles. The summed E-state index contributed by atoms with van der Waals surface area (Å²) in [6, 6.07) is 7.99. The molecule has 5 nitrogen and oxygen atoms in total. The zero-order valence-corrected chi connectivity index (χ0v) is 14.3. The number of imide groups is 1. The topological polar surface area (TPSA) is 67.4 Å². The lowest BCUT2D eigenvalue weighted by atomic mass is 10.3. The predicted octanol–water partition coefficient (Wildman–Crippen LogP) is 3.50. The third-order valence-corrected chi connectivity index (χ3v) is 4.07. The van der Waals surface area contributed by atoms with Crippen LogP contribution in [0.5, 0.6) is 5.75 Å². The molecule has 8 heteroatoms. The van der Waals surface area contributed by atoms with Gasteiger partial charge in [0.25, 0.3) is 5.91 Å². The van der Waals surface area contributed by atoms with Crippen molar-refractivity contribution in [2.24, 2.45) is 0 Å². The Morgan fingerprint density at radius 3 is 2.57 bits per heavy atom. The third kappa shape index (κ3) is 6.48. The number of ether oxygens (including phenoxy) is 1. The molecule has 1 heterocycles. The van der Waals surface area contributed by atoms with Gasteiger partial charge >= 0.3 is 6.03 Å². The standard InChI is InChI=1S/C15H14Cl2N2O3S/c16-10-6-11(17)8-12(7-10)22-9-14(20)19-15(21)18-4-3-13-2-1-5-23-13/h1-2,5-8H,3-4,9H2,(H2,18,19,20,21). The minimum absolute atomic E-state index is 0.311. The van der Waals surface area contributed by atoms with Gasteiger partial charge in [-0.1, -0.05) is 29.3 Å². The van der Waals surface area contributed by atoms with Crippen LogP contribution in [0.4, 0.5) is 4.79 Å². The molecule has 0 radical (unpaired) electrons. The number of carbonyl (C=O) groups excluding carboxylic acids is 2. The molecule has 0 aliphatic carbocycles. The molecule has 0 atom stereocenters. The first-order valence-electron chi connectivity index (χ1n) is 6.72. The van der Waals surface area contributed by atoms with Crippen molar-refractivity contribution >= 4 is 46.5 Å². The van der Waals surface area contributed by atoms with Gasteiger partial charge in [-0.2, -0.15) is 0 Å². The summed E-state index contributed by atoms with van der Waals surface area (Å²) >= 11 is 13.3. The van der Waals surface area contributed by atoms with E-state index < -0.39 is 11.9 Å². The highest BCUT2D eigenvalue weighted by Gasteiger charge is 2.09. The van der Waals surface area contributed by atoms with Crippen LogP contribution in [-0.2, 0) is 11.2 Å². The Hall–Kier alpha value is -1.76. The lowest BCUT2D eigenvalue weighted by Gasteiger charge is -2.08. The molecule has 2 aromatic rings. The predicted molar refractivity (Wildman–Crippen MR) is 91.5 cm³/mol. The van der Waals surface area contributed by atoms with E-state index in [9.17, 15) is 9.59 Å². The van der Waals surface area contributed by atoms with E-state index in [0.717, 1.165) is 11.3 Å². The molecule has 0 spiro atoms. The molecule has 0 unspecified atom stereocenters. The average molecular weight is 373 g/mol. The lowest BCUT2D eigenvalue weighted by molar-refractivity contribution is -0.122. The number of hydrogen-bond donors (Lipinski definition) is 2. The van der Waals surface area contributed by atoms with E-state index >= 15 is 0 Å². The summed E-state index contributed by atoms with van der Waals surface area (Å²) in [6.07, 6.45) is 0.719. The number of halogens is 2. The normalized spacial score (nSPS) is 10.2. The van der Waals surface area contributed by atoms with Crippen LogP contribution in [-0.4, -0.2) is 25.1 Å². The van der Waals surface area contributed by atoms with Crippen LogP contribution in [0.15, 0.2) is 35.7 Å². The van der Waals surface area contributed by atoms with Crippen molar-refractivity contribution in [2.75, 3.05) is 13.2 Å². The molecule has 2 rings (SSSR count). The summed E-state index contributed by atoms with van der Waals surface area (Å²) in [5, 5.41) is 7.56. The largest absolute Gasteiger partial charge is 0.484 e. The Labute approximate surface area is 147 Å². The van der Waals surface area contributed by atoms with E-state index in [1.807, 2.05) is 17.5 Å². The highest BCUT2D eigenvalue weighted by Crippen LogP contribution is 2.23. The third-order valence-electron chi connectivity index (χ3n) is 2.70. The van der Waals surface area contributed by atoms with Crippen molar-refractivity contribution in [3.63, 3.8) is 0 Å². The second-order valence-electron chi connectivity index (χ2n) is 4.53. The van der Waals surface area contributed by atoms with Gasteiger partial charge in [0.1, 0.15) is 5.75 Å². The fraction of sp³-hybridized carbons (Fsp3) is 0.200. The Kier molecular flexibility index (Phi) is 6.70. The van der Waals surface area contributed by atoms with Crippen LogP contribution in [0.2, 0.25) is 10.0 Å². The zero-order valence-electron chi connectivity index (χ0n) is 12.0. The maximum Gasteiger partial charge on any atom is 0.321 e. The van der Waals surface area contributed by atoms with E-state index in [2.05, 4.69) is 10.6 Å². The van der Waals surface area contributed by atoms with Crippen molar-refractivity contribution in [3.8, 4) is 5.75 Å². The van der Waals surface area contributed by atoms with Crippen molar-refractivity contribution < 1.29 is 14.3 Å². The van der Waals surface area contributed by atoms with Gasteiger partial charge in [0, 0.05) is 21.5 Å². The maximum absolute atomic E-state index is 11.6. The van der Waals surface area contributed by atoms with Crippen molar-refractivity contribution in [1.82, 2.24) is 10.6 Å². The maximum atomic E-state index is 11.6. The van der Waals surface area contributed by atoms with Gasteiger partial charge in [-0.15, -0.1) is 11.3 Å². The molecule has 2 N–H and O–H groups in total. The molecule has 3 amide bonds. The molecule has 0 fully saturated rings. The van der Waals surface area contributed by atoms with Gasteiger partial charge in [0.2, 0.25) is 0 Å². The Balaban J connectivity index is 1.68. The molecule has 23 heavy (non-hydrogen) atoms. The molecule has 0 saturated heterocycles. The molecule has 0 bridgehead atoms. The first-order valence-corrected chi connectivity index (χ1v) is 8.35. The highest BCUT2D eigenvalue weighted by atomic mass is 35.5. The van der Waals surface area contributed by atoms with Crippen LogP contribution in [0, 0.1) is 0 Å². The van der Waals surface area contributed by atoms with Crippen molar-refractivity contribution in [3.05, 3.63) is 50.6 Å². The number of carbonyl (C=O) groups is 2. The number of rotatable bonds is 6. The van der Waals surface area contributed by atoms with Crippen molar-refractivity contribution in [1.29, 1.82) is 0 Å². The minimum atomic E-state index is -0.560. The first kappa shape index (κ1) is 17.6. The van der Waals surface area contributed by atoms with Crippen LogP contribution in [0.3, 0.4) is 0 Å². The van der Waals surface area contributed by atoms with Crippen molar-refractivity contribution in [2.45, 2.75) is 6.42 Å². The Morgan fingerprint density at radius 1 is 1.17 bits per heavy atom. The van der Waals surface area contributed by atoms with Crippen LogP contribution in [0.25, 0.3) is 0 Å². The molecule has 0 aliphatic heterocycles. The van der Waals surface area contributed by atoms with Gasteiger partial charge in [-0.25, -0.2) is 4.79 Å². The zero-order chi connectivity index (χ0) is 16.7. The van der Waals surface area contributed by atoms with E-state index in [-0.39, 0.29) is 6.61 Å². The monoisotopic (exact) mass is 372 g/mol. The fourth-order valence-electron chi connectivity index (χ4n) is 1.72. The summed E-state index contributed by atoms with van der Waals surface area (Å²) in [4.78, 5) is 24.4. The number of amides is 3. The Morgan fingerprint density at radius 2 is 1.91 bits per heavy atom. The second-order valence-corrected chi connectivity index (χ2v) is 6.43. The van der Waals surface area contributed by atoms with E-state index in [1.54, 1.807) is 17.4 Å². The van der Waals surface area contributed by atoms with E-state index in [1.165, 1.54) is 12.1 Å². The number of benzene rings is 1. The highest BCUT2D eigenvalue weighted by molar-refractivity contribution is 7.09. The summed E-state index contributed by atoms with van der Waals surface area (Å²) in [5.41, 5.74) is 0.